The van der Waals surface area contributed by atoms with Crippen LogP contribution in [-0.4, -0.2) is 311 Å². The van der Waals surface area contributed by atoms with E-state index < -0.39 is 237 Å². The highest BCUT2D eigenvalue weighted by Crippen LogP contribution is 2.38. The number of aliphatic hydroxyl groups is 10. The van der Waals surface area contributed by atoms with Crippen molar-refractivity contribution in [3.63, 3.8) is 0 Å². The third kappa shape index (κ3) is 16.6. The smallest absolute Gasteiger partial charge is 0.397 e. The summed E-state index contributed by atoms with van der Waals surface area (Å²) in [7, 11) is -28.4. The van der Waals surface area contributed by atoms with E-state index >= 15 is 0 Å². The molecule has 5 fully saturated rings. The summed E-state index contributed by atoms with van der Waals surface area (Å²) >= 11 is 0. The SMILES string of the molecule is O=C(O)[C@@H]1O[C@@H](O[C@H]2[C@H](O)[C@@H](NS(=O)(=O)O)C(O)O[C@@H]2CO)[C@H](OS(=O)(=O)O)[C@@H](O)[C@@H]1O[C@H]1O[C@H](CO)[C@@H](O[C@@H]2O[C@@H](C(=O)O)[C@@H](O[C@H]3O[C@H](CO)[C@@H](O)[C@H](O)[C@H]3NS(=O)(=O)O)[C@H](O)[C@H]2OS(=O)(=O)O)[C@H](O)[C@H]1NS(=O)(=O)O. The van der Waals surface area contributed by atoms with Crippen molar-refractivity contribution in [2.75, 3.05) is 19.8 Å². The minimum absolute atomic E-state index is 1.20. The average Bonchev–Trinajstić information content (AvgIpc) is 3.29. The molecule has 1 unspecified atom stereocenters. The van der Waals surface area contributed by atoms with Crippen LogP contribution >= 0.6 is 0 Å². The van der Waals surface area contributed by atoms with Gasteiger partial charge in [-0.2, -0.15) is 56.3 Å². The van der Waals surface area contributed by atoms with Crippen molar-refractivity contribution in [3.05, 3.63) is 0 Å². The Morgan fingerprint density at radius 2 is 0.705 bits per heavy atom. The van der Waals surface area contributed by atoms with Gasteiger partial charge < -0.3 is 104 Å². The second-order valence-corrected chi connectivity index (χ2v) is 22.6. The Bertz CT molecular complexity index is 2660. The Hall–Kier alpha value is -2.47. The first kappa shape index (κ1) is 66.3. The van der Waals surface area contributed by atoms with Crippen molar-refractivity contribution < 1.29 is 187 Å². The maximum absolute atomic E-state index is 12.7. The van der Waals surface area contributed by atoms with Crippen molar-refractivity contribution in [2.45, 2.75) is 153 Å². The molecule has 0 aromatic heterocycles. The molecule has 78 heavy (non-hydrogen) atoms. The van der Waals surface area contributed by atoms with E-state index in [-0.39, 0.29) is 0 Å². The molecule has 456 valence electrons. The molecular formula is C30H51N3O40S5. The van der Waals surface area contributed by atoms with Crippen LogP contribution in [0.15, 0.2) is 0 Å². The molecule has 5 rings (SSSR count). The van der Waals surface area contributed by atoms with Gasteiger partial charge in [0.2, 0.25) is 0 Å². The molecule has 5 heterocycles. The fraction of sp³-hybridized carbons (Fsp3) is 0.933. The second kappa shape index (κ2) is 25.6. The lowest BCUT2D eigenvalue weighted by atomic mass is 9.94. The van der Waals surface area contributed by atoms with Gasteiger partial charge in [0, 0.05) is 0 Å². The molecule has 0 aromatic carbocycles. The topological polar surface area (TPSA) is 686 Å². The number of rotatable bonds is 23. The molecule has 0 amide bonds. The van der Waals surface area contributed by atoms with E-state index in [1.165, 1.54) is 14.2 Å². The van der Waals surface area contributed by atoms with E-state index in [1.54, 1.807) is 0 Å². The van der Waals surface area contributed by atoms with Crippen LogP contribution in [0.4, 0.5) is 0 Å². The summed E-state index contributed by atoms with van der Waals surface area (Å²) in [4.78, 5) is 25.4. The van der Waals surface area contributed by atoms with Crippen LogP contribution in [0.2, 0.25) is 0 Å². The minimum Gasteiger partial charge on any atom is -0.479 e. The van der Waals surface area contributed by atoms with E-state index in [1.807, 2.05) is 0 Å². The first-order chi connectivity index (χ1) is 35.7. The Morgan fingerprint density at radius 1 is 0.385 bits per heavy atom. The summed E-state index contributed by atoms with van der Waals surface area (Å²) < 4.78 is 228. The highest BCUT2D eigenvalue weighted by atomic mass is 32.3. The summed E-state index contributed by atoms with van der Waals surface area (Å²) in [5.41, 5.74) is 0. The molecular weight excluding hydrogens is 1200 g/mol. The zero-order valence-electron chi connectivity index (χ0n) is 38.1. The molecule has 0 spiro atoms. The molecule has 48 heteroatoms. The molecule has 0 saturated carbocycles. The zero-order valence-corrected chi connectivity index (χ0v) is 42.2. The van der Waals surface area contributed by atoms with Gasteiger partial charge in [-0.15, -0.1) is 0 Å². The number of carboxylic acid groups (broad SMARTS) is 2. The average molecular weight is 1250 g/mol. The van der Waals surface area contributed by atoms with Crippen molar-refractivity contribution >= 4 is 63.6 Å². The highest BCUT2D eigenvalue weighted by molar-refractivity contribution is 7.84. The molecule has 0 aromatic rings. The Balaban J connectivity index is 1.49. The molecule has 0 bridgehead atoms. The molecule has 5 aliphatic heterocycles. The van der Waals surface area contributed by atoms with E-state index in [0.717, 1.165) is 0 Å². The van der Waals surface area contributed by atoms with E-state index in [2.05, 4.69) is 8.37 Å². The van der Waals surface area contributed by atoms with Gasteiger partial charge in [-0.25, -0.2) is 18.0 Å². The molecule has 0 radical (unpaired) electrons. The maximum Gasteiger partial charge on any atom is 0.397 e. The number of hydrogen-bond donors (Lipinski definition) is 20. The predicted octanol–water partition coefficient (Wildman–Crippen LogP) is -13.9. The van der Waals surface area contributed by atoms with E-state index in [9.17, 15) is 136 Å². The van der Waals surface area contributed by atoms with Crippen molar-refractivity contribution in [2.24, 2.45) is 0 Å². The molecule has 43 nitrogen and oxygen atoms in total. The van der Waals surface area contributed by atoms with Gasteiger partial charge in [-0.1, -0.05) is 0 Å². The fourth-order valence-corrected chi connectivity index (χ4v) is 11.1. The van der Waals surface area contributed by atoms with Crippen molar-refractivity contribution in [3.8, 4) is 0 Å². The number of ether oxygens (including phenoxy) is 9. The Morgan fingerprint density at radius 3 is 1.05 bits per heavy atom. The standard InChI is InChI=1S/C30H51N3O40S5/c34-1-4-10(37)11(38)8(32-75(51,52)53)27(64-4)68-18-14(41)21(73-78(60,61)62)30(71-22(18)24(43)44)67-17-6(3-36)65-28(9(13(17)40)33-76(54,55)56)69-19-15(42)20(72-77(57,58)59)29(70-23(19)25(45)46)66-16-5(2-35)63-26(47)7(12(16)39)31-74(48,49)50/h4-23,26-42,47H,1-3H2,(H,43,44)(H,45,46)(H,48,49,50)(H,51,52,53)(H,54,55,56)(H,57,58,59)(H,60,61,62)/t4-,5-,6-,7-,8-,9-,10-,11-,12-,13-,14+,15+,16-,17-,18+,19+,20-,21-,22-,23-,26?,27-,28-,29-,30-/m1/s1. The maximum atomic E-state index is 12.7. The summed E-state index contributed by atoms with van der Waals surface area (Å²) in [5.74, 6) is -4.55. The summed E-state index contributed by atoms with van der Waals surface area (Å²) in [6, 6.07) is -7.50. The van der Waals surface area contributed by atoms with Gasteiger partial charge >= 0.3 is 63.6 Å². The molecule has 5 aliphatic rings. The van der Waals surface area contributed by atoms with Crippen LogP contribution in [-0.2, 0) is 112 Å². The lowest BCUT2D eigenvalue weighted by Gasteiger charge is -2.50. The van der Waals surface area contributed by atoms with Crippen molar-refractivity contribution in [1.29, 1.82) is 0 Å². The fourth-order valence-electron chi connectivity index (χ4n) is 8.37. The normalized spacial score (nSPS) is 42.5. The van der Waals surface area contributed by atoms with Crippen LogP contribution < -0.4 is 14.2 Å². The number of carbonyl (C=O) groups is 2. The van der Waals surface area contributed by atoms with Gasteiger partial charge in [-0.3, -0.25) is 22.8 Å². The van der Waals surface area contributed by atoms with Crippen LogP contribution in [0, 0.1) is 0 Å². The largest absolute Gasteiger partial charge is 0.479 e. The number of aliphatic hydroxyl groups excluding tert-OH is 10. The third-order valence-corrected chi connectivity index (χ3v) is 14.3. The van der Waals surface area contributed by atoms with Crippen molar-refractivity contribution in [1.82, 2.24) is 14.2 Å². The minimum atomic E-state index is -5.95. The third-order valence-electron chi connectivity index (χ3n) is 11.6. The number of carboxylic acids is 2. The van der Waals surface area contributed by atoms with Gasteiger partial charge in [0.25, 0.3) is 0 Å². The van der Waals surface area contributed by atoms with Gasteiger partial charge in [0.15, 0.2) is 55.9 Å². The monoisotopic (exact) mass is 1250 g/mol. The summed E-state index contributed by atoms with van der Waals surface area (Å²) in [6.45, 7) is -4.06. The summed E-state index contributed by atoms with van der Waals surface area (Å²) in [6.07, 6.45) is -57.8. The Labute approximate surface area is 436 Å². The van der Waals surface area contributed by atoms with E-state index in [0.29, 0.717) is 0 Å². The quantitative estimate of drug-likeness (QED) is 0.0422. The zero-order chi connectivity index (χ0) is 59.1. The lowest BCUT2D eigenvalue weighted by Crippen LogP contribution is -2.71. The summed E-state index contributed by atoms with van der Waals surface area (Å²) in [5, 5.41) is 127. The number of hydrogen-bond acceptors (Lipinski definition) is 33. The number of aliphatic carboxylic acids is 2. The van der Waals surface area contributed by atoms with Gasteiger partial charge in [0.05, 0.1) is 19.8 Å². The molecule has 20 N–H and O–H groups in total. The van der Waals surface area contributed by atoms with Crippen LogP contribution in [0.25, 0.3) is 0 Å². The highest BCUT2D eigenvalue weighted by Gasteiger charge is 2.60. The first-order valence-electron chi connectivity index (χ1n) is 21.2. The van der Waals surface area contributed by atoms with Crippen LogP contribution in [0.3, 0.4) is 0 Å². The lowest BCUT2D eigenvalue weighted by molar-refractivity contribution is -0.373. The van der Waals surface area contributed by atoms with Crippen LogP contribution in [0.5, 0.6) is 0 Å². The molecule has 25 atom stereocenters. The van der Waals surface area contributed by atoms with E-state index in [4.69, 9.17) is 42.6 Å². The number of nitrogens with one attached hydrogen (secondary N) is 3. The first-order valence-corrected chi connectivity index (χ1v) is 28.2. The van der Waals surface area contributed by atoms with Crippen LogP contribution in [0.1, 0.15) is 0 Å². The predicted molar refractivity (Wildman–Crippen MR) is 226 cm³/mol. The Kier molecular flexibility index (Phi) is 21.7. The second-order valence-electron chi connectivity index (χ2n) is 16.9. The van der Waals surface area contributed by atoms with Gasteiger partial charge in [-0.05, 0) is 0 Å². The molecule has 0 aliphatic carbocycles. The van der Waals surface area contributed by atoms with Gasteiger partial charge in [0.1, 0.15) is 97.5 Å². The molecule has 5 saturated heterocycles.